The Kier molecular flexibility index (Phi) is 7.57. The molecule has 2 heterocycles. The molecule has 3 aliphatic carbocycles. The van der Waals surface area contributed by atoms with Crippen molar-refractivity contribution in [1.82, 2.24) is 10.3 Å². The van der Waals surface area contributed by atoms with Crippen LogP contribution in [0.25, 0.3) is 0 Å². The van der Waals surface area contributed by atoms with Gasteiger partial charge in [0.2, 0.25) is 5.91 Å². The quantitative estimate of drug-likeness (QED) is 0.375. The number of aryl methyl sites for hydroxylation is 2. The van der Waals surface area contributed by atoms with Crippen molar-refractivity contribution in [3.8, 4) is 0 Å². The molecule has 1 atom stereocenters. The fourth-order valence-electron chi connectivity index (χ4n) is 5.82. The molecule has 5 N–H and O–H groups in total. The van der Waals surface area contributed by atoms with Gasteiger partial charge < -0.3 is 21.5 Å². The molecule has 7 nitrogen and oxygen atoms in total. The Morgan fingerprint density at radius 3 is 2.48 bits per heavy atom. The van der Waals surface area contributed by atoms with Gasteiger partial charge in [-0.2, -0.15) is 0 Å². The molecule has 0 saturated heterocycles. The third-order valence-corrected chi connectivity index (χ3v) is 8.27. The van der Waals surface area contributed by atoms with Crippen LogP contribution >= 0.6 is 0 Å². The van der Waals surface area contributed by atoms with Crippen molar-refractivity contribution in [2.45, 2.75) is 108 Å². The maximum atomic E-state index is 13.0. The van der Waals surface area contributed by atoms with Crippen molar-refractivity contribution in [2.75, 3.05) is 11.9 Å². The molecule has 0 unspecified atom stereocenters. The molecular weight excluding hydrogens is 416 g/mol. The Bertz CT molecular complexity index is 831. The van der Waals surface area contributed by atoms with E-state index in [2.05, 4.69) is 22.8 Å². The van der Waals surface area contributed by atoms with Crippen molar-refractivity contribution in [3.05, 3.63) is 23.4 Å². The van der Waals surface area contributed by atoms with Crippen LogP contribution in [0.2, 0.25) is 0 Å². The van der Waals surface area contributed by atoms with Gasteiger partial charge in [-0.1, -0.05) is 31.7 Å². The van der Waals surface area contributed by atoms with Crippen molar-refractivity contribution >= 4 is 17.7 Å². The van der Waals surface area contributed by atoms with Crippen LogP contribution in [-0.4, -0.2) is 40.1 Å². The van der Waals surface area contributed by atoms with Gasteiger partial charge in [0.05, 0.1) is 0 Å². The fourth-order valence-corrected chi connectivity index (χ4v) is 5.82. The highest BCUT2D eigenvalue weighted by molar-refractivity contribution is 5.87. The van der Waals surface area contributed by atoms with E-state index in [0.29, 0.717) is 6.42 Å². The minimum absolute atomic E-state index is 0.0660. The zero-order valence-electron chi connectivity index (χ0n) is 19.8. The van der Waals surface area contributed by atoms with Gasteiger partial charge in [-0.05, 0) is 82.3 Å². The van der Waals surface area contributed by atoms with E-state index >= 15 is 0 Å². The van der Waals surface area contributed by atoms with Gasteiger partial charge in [0.15, 0.2) is 0 Å². The largest absolute Gasteiger partial charge is 0.480 e. The Morgan fingerprint density at radius 1 is 1.06 bits per heavy atom. The first kappa shape index (κ1) is 24.0. The number of anilines is 1. The van der Waals surface area contributed by atoms with Crippen LogP contribution in [0.5, 0.6) is 0 Å². The standard InChI is InChI=1S/C26H40N4O3/c27-26-15-12-25(13-16-26,14-17-26)24(33)30-21(23(31)32)9-5-3-1-2-4-8-20-11-10-19-7-6-18-28-22(19)29-20/h10-11,21H,1-9,12-18,27H2,(H,28,29)(H,30,33)(H,31,32)/t21-,25?,26?/m0/s1. The summed E-state index contributed by atoms with van der Waals surface area (Å²) in [7, 11) is 0. The molecule has 7 heteroatoms. The van der Waals surface area contributed by atoms with Gasteiger partial charge >= 0.3 is 5.97 Å². The average Bonchev–Trinajstić information content (AvgIpc) is 2.83. The zero-order valence-corrected chi connectivity index (χ0v) is 19.8. The molecular formula is C26H40N4O3. The minimum Gasteiger partial charge on any atom is -0.480 e. The number of hydrogen-bond donors (Lipinski definition) is 4. The fraction of sp³-hybridized carbons (Fsp3) is 0.731. The lowest BCUT2D eigenvalue weighted by Crippen LogP contribution is -2.58. The summed E-state index contributed by atoms with van der Waals surface area (Å²) in [6.07, 6.45) is 13.8. The van der Waals surface area contributed by atoms with Crippen molar-refractivity contribution < 1.29 is 14.7 Å². The van der Waals surface area contributed by atoms with Crippen LogP contribution in [0, 0.1) is 5.41 Å². The van der Waals surface area contributed by atoms with Gasteiger partial charge in [0.25, 0.3) is 0 Å². The summed E-state index contributed by atoms with van der Waals surface area (Å²) >= 11 is 0. The summed E-state index contributed by atoms with van der Waals surface area (Å²) in [4.78, 5) is 29.5. The highest BCUT2D eigenvalue weighted by atomic mass is 16.4. The first-order chi connectivity index (χ1) is 15.9. The monoisotopic (exact) mass is 456 g/mol. The molecule has 5 rings (SSSR count). The number of nitrogens with one attached hydrogen (secondary N) is 2. The number of unbranched alkanes of at least 4 members (excludes halogenated alkanes) is 4. The maximum Gasteiger partial charge on any atom is 0.326 e. The highest BCUT2D eigenvalue weighted by Crippen LogP contribution is 2.51. The predicted molar refractivity (Wildman–Crippen MR) is 129 cm³/mol. The summed E-state index contributed by atoms with van der Waals surface area (Å²) in [6, 6.07) is 3.57. The SMILES string of the molecule is NC12CCC(C(=O)N[C@@H](CCCCCCCc3ccc4c(n3)NCCC4)C(=O)O)(CC1)CC2. The first-order valence-electron chi connectivity index (χ1n) is 12.9. The van der Waals surface area contributed by atoms with E-state index in [1.54, 1.807) is 0 Å². The molecule has 3 saturated carbocycles. The van der Waals surface area contributed by atoms with E-state index in [1.165, 1.54) is 12.0 Å². The van der Waals surface area contributed by atoms with Crippen molar-refractivity contribution in [3.63, 3.8) is 0 Å². The average molecular weight is 457 g/mol. The van der Waals surface area contributed by atoms with Crippen LogP contribution in [0.4, 0.5) is 5.82 Å². The number of nitrogens with zero attached hydrogens (tertiary/aromatic N) is 1. The number of nitrogens with two attached hydrogens (primary N) is 1. The summed E-state index contributed by atoms with van der Waals surface area (Å²) < 4.78 is 0. The summed E-state index contributed by atoms with van der Waals surface area (Å²) in [5.74, 6) is 0.0687. The molecule has 0 aromatic carbocycles. The maximum absolute atomic E-state index is 13.0. The van der Waals surface area contributed by atoms with Crippen LogP contribution < -0.4 is 16.4 Å². The molecule has 1 aromatic heterocycles. The number of amides is 1. The Morgan fingerprint density at radius 2 is 1.76 bits per heavy atom. The number of carbonyl (C=O) groups excluding carboxylic acids is 1. The summed E-state index contributed by atoms with van der Waals surface area (Å²) in [6.45, 7) is 1.01. The number of hydrogen-bond acceptors (Lipinski definition) is 5. The van der Waals surface area contributed by atoms with E-state index in [4.69, 9.17) is 10.7 Å². The van der Waals surface area contributed by atoms with Crippen molar-refractivity contribution in [2.24, 2.45) is 11.1 Å². The first-order valence-corrected chi connectivity index (χ1v) is 12.9. The van der Waals surface area contributed by atoms with Gasteiger partial charge in [0.1, 0.15) is 11.9 Å². The number of aromatic nitrogens is 1. The van der Waals surface area contributed by atoms with Crippen LogP contribution in [0.1, 0.15) is 94.7 Å². The Hall–Kier alpha value is -2.15. The normalized spacial score (nSPS) is 26.8. The van der Waals surface area contributed by atoms with Gasteiger partial charge in [-0.15, -0.1) is 0 Å². The Labute approximate surface area is 197 Å². The van der Waals surface area contributed by atoms with Crippen LogP contribution in [0.3, 0.4) is 0 Å². The molecule has 0 radical (unpaired) electrons. The van der Waals surface area contributed by atoms with E-state index in [0.717, 1.165) is 102 Å². The smallest absolute Gasteiger partial charge is 0.326 e. The predicted octanol–water partition coefficient (Wildman–Crippen LogP) is 3.94. The molecule has 33 heavy (non-hydrogen) atoms. The topological polar surface area (TPSA) is 117 Å². The second kappa shape index (κ2) is 10.4. The van der Waals surface area contributed by atoms with E-state index in [-0.39, 0.29) is 11.4 Å². The van der Waals surface area contributed by atoms with Crippen molar-refractivity contribution in [1.29, 1.82) is 0 Å². The van der Waals surface area contributed by atoms with E-state index in [1.807, 2.05) is 0 Å². The molecule has 2 bridgehead atoms. The number of carbonyl (C=O) groups is 2. The van der Waals surface area contributed by atoms with Crippen LogP contribution in [0.15, 0.2) is 12.1 Å². The highest BCUT2D eigenvalue weighted by Gasteiger charge is 2.51. The summed E-state index contributed by atoms with van der Waals surface area (Å²) in [5, 5.41) is 15.9. The third-order valence-electron chi connectivity index (χ3n) is 8.27. The van der Waals surface area contributed by atoms with E-state index < -0.39 is 17.4 Å². The van der Waals surface area contributed by atoms with Gasteiger partial charge in [-0.25, -0.2) is 9.78 Å². The van der Waals surface area contributed by atoms with E-state index in [9.17, 15) is 14.7 Å². The number of carboxylic acids is 1. The molecule has 4 aliphatic rings. The number of rotatable bonds is 11. The number of fused-ring (bicyclic) bond motifs is 4. The molecule has 182 valence electrons. The summed E-state index contributed by atoms with van der Waals surface area (Å²) in [5.41, 5.74) is 8.33. The lowest BCUT2D eigenvalue weighted by Gasteiger charge is -2.50. The lowest BCUT2D eigenvalue weighted by molar-refractivity contribution is -0.146. The number of carboxylic acid groups (broad SMARTS) is 1. The zero-order chi connectivity index (χ0) is 23.3. The molecule has 3 fully saturated rings. The minimum atomic E-state index is -0.924. The number of aliphatic carboxylic acids is 1. The second-order valence-corrected chi connectivity index (χ2v) is 10.7. The van der Waals surface area contributed by atoms with Gasteiger partial charge in [-0.3, -0.25) is 4.79 Å². The molecule has 1 aromatic rings. The van der Waals surface area contributed by atoms with Crippen LogP contribution in [-0.2, 0) is 22.4 Å². The molecule has 1 aliphatic heterocycles. The molecule has 0 spiro atoms. The lowest BCUT2D eigenvalue weighted by atomic mass is 9.57. The van der Waals surface area contributed by atoms with Gasteiger partial charge in [0, 0.05) is 23.2 Å². The molecule has 1 amide bonds. The third kappa shape index (κ3) is 5.86. The number of pyridine rings is 1. The Balaban J connectivity index is 1.13. The second-order valence-electron chi connectivity index (χ2n) is 10.7.